The third kappa shape index (κ3) is 6.02. The van der Waals surface area contributed by atoms with Crippen LogP contribution in [0, 0.1) is 5.92 Å². The maximum Gasteiger partial charge on any atom is 0.331 e. The van der Waals surface area contributed by atoms with Crippen LogP contribution in [-0.4, -0.2) is 50.8 Å². The number of aromatic nitrogens is 1. The first-order valence-electron chi connectivity index (χ1n) is 11.1. The van der Waals surface area contributed by atoms with Crippen LogP contribution in [0.5, 0.6) is 11.6 Å². The smallest absolute Gasteiger partial charge is 0.331 e. The number of amides is 4. The Hall–Kier alpha value is -4.31. The molecule has 186 valence electrons. The molecule has 1 fully saturated rings. The fraction of sp³-hybridized carbons (Fsp3) is 0.200. The number of carboxylic acid groups (broad SMARTS) is 1. The number of benzene rings is 2. The summed E-state index contributed by atoms with van der Waals surface area (Å²) in [5.41, 5.74) is 1.40. The first kappa shape index (κ1) is 24.8. The molecule has 2 atom stereocenters. The predicted octanol–water partition coefficient (Wildman–Crippen LogP) is 4.59. The first-order chi connectivity index (χ1) is 17.3. The number of nitrogens with one attached hydrogen (secondary N) is 2. The average molecular weight is 510 g/mol. The van der Waals surface area contributed by atoms with Crippen molar-refractivity contribution in [1.29, 1.82) is 0 Å². The lowest BCUT2D eigenvalue weighted by atomic mass is 10.1. The zero-order valence-electron chi connectivity index (χ0n) is 19.3. The quantitative estimate of drug-likeness (QED) is 0.385. The van der Waals surface area contributed by atoms with Gasteiger partial charge in [-0.2, -0.15) is 0 Å². The molecule has 1 aliphatic heterocycles. The van der Waals surface area contributed by atoms with Gasteiger partial charge in [-0.3, -0.25) is 15.0 Å². The zero-order chi connectivity index (χ0) is 25.7. The third-order valence-corrected chi connectivity index (χ3v) is 5.71. The van der Waals surface area contributed by atoms with Crippen LogP contribution in [0.4, 0.5) is 15.3 Å². The second-order valence-corrected chi connectivity index (χ2v) is 8.61. The van der Waals surface area contributed by atoms with Crippen molar-refractivity contribution < 1.29 is 24.2 Å². The zero-order valence-corrected chi connectivity index (χ0v) is 20.1. The molecule has 0 radical (unpaired) electrons. The molecule has 11 heteroatoms. The number of aliphatic carboxylic acids is 1. The molecule has 10 nitrogen and oxygen atoms in total. The van der Waals surface area contributed by atoms with Gasteiger partial charge < -0.3 is 15.2 Å². The molecule has 0 saturated carbocycles. The number of pyridine rings is 1. The van der Waals surface area contributed by atoms with Gasteiger partial charge in [0.05, 0.1) is 12.5 Å². The van der Waals surface area contributed by atoms with E-state index < -0.39 is 30.2 Å². The lowest BCUT2D eigenvalue weighted by Crippen LogP contribution is -2.67. The van der Waals surface area contributed by atoms with Gasteiger partial charge in [0.15, 0.2) is 6.29 Å². The number of halogens is 1. The van der Waals surface area contributed by atoms with Crippen LogP contribution in [0.25, 0.3) is 0 Å². The number of ether oxygens (including phenoxy) is 1. The molecule has 1 aliphatic rings. The van der Waals surface area contributed by atoms with Crippen molar-refractivity contribution in [2.75, 3.05) is 11.9 Å². The number of hydrogen-bond acceptors (Lipinski definition) is 6. The maximum atomic E-state index is 13.3. The summed E-state index contributed by atoms with van der Waals surface area (Å²) in [4.78, 5) is 43.8. The number of urea groups is 2. The number of anilines is 1. The maximum absolute atomic E-state index is 13.3. The molecule has 0 aliphatic carbocycles. The van der Waals surface area contributed by atoms with Gasteiger partial charge in [-0.25, -0.2) is 19.5 Å². The van der Waals surface area contributed by atoms with Crippen LogP contribution in [0.2, 0.25) is 5.02 Å². The van der Waals surface area contributed by atoms with Crippen LogP contribution >= 0.6 is 11.6 Å². The lowest BCUT2D eigenvalue weighted by Gasteiger charge is -2.41. The van der Waals surface area contributed by atoms with E-state index in [2.05, 4.69) is 15.6 Å². The lowest BCUT2D eigenvalue weighted by molar-refractivity contribution is -0.141. The number of nitrogens with zero attached hydrogens (tertiary/aromatic N) is 3. The molecule has 0 spiro atoms. The van der Waals surface area contributed by atoms with E-state index in [-0.39, 0.29) is 13.1 Å². The highest BCUT2D eigenvalue weighted by Gasteiger charge is 2.39. The highest BCUT2D eigenvalue weighted by Crippen LogP contribution is 2.24. The summed E-state index contributed by atoms with van der Waals surface area (Å²) >= 11 is 5.98. The van der Waals surface area contributed by atoms with Gasteiger partial charge in [-0.05, 0) is 48.0 Å². The SMILES string of the molecule is C[C@@H](CN1C(=O)NC(Nc2ccc(Oc3ccccn3)cc2)N(Cc2ccc(Cl)cc2)C1=O)C(=O)O. The van der Waals surface area contributed by atoms with Gasteiger partial charge >= 0.3 is 18.0 Å². The van der Waals surface area contributed by atoms with Crippen molar-refractivity contribution in [2.24, 2.45) is 5.92 Å². The summed E-state index contributed by atoms with van der Waals surface area (Å²) in [6, 6.07) is 17.9. The minimum atomic E-state index is -1.10. The van der Waals surface area contributed by atoms with Crippen LogP contribution < -0.4 is 15.4 Å². The van der Waals surface area contributed by atoms with E-state index >= 15 is 0 Å². The van der Waals surface area contributed by atoms with Crippen LogP contribution in [0.3, 0.4) is 0 Å². The molecule has 1 aromatic heterocycles. The summed E-state index contributed by atoms with van der Waals surface area (Å²) < 4.78 is 5.70. The van der Waals surface area contributed by atoms with Gasteiger partial charge in [0.25, 0.3) is 0 Å². The molecular weight excluding hydrogens is 486 g/mol. The largest absolute Gasteiger partial charge is 0.481 e. The molecule has 2 aromatic carbocycles. The van der Waals surface area contributed by atoms with Crippen LogP contribution in [-0.2, 0) is 11.3 Å². The first-order valence-corrected chi connectivity index (χ1v) is 11.5. The molecular formula is C25H24ClN5O5. The van der Waals surface area contributed by atoms with Crippen molar-refractivity contribution >= 4 is 35.3 Å². The molecule has 0 bridgehead atoms. The minimum absolute atomic E-state index is 0.146. The van der Waals surface area contributed by atoms with Gasteiger partial charge in [-0.1, -0.05) is 36.7 Å². The number of hydrogen-bond donors (Lipinski definition) is 3. The second-order valence-electron chi connectivity index (χ2n) is 8.18. The number of carbonyl (C=O) groups is 3. The molecule has 3 N–H and O–H groups in total. The van der Waals surface area contributed by atoms with Crippen molar-refractivity contribution in [1.82, 2.24) is 20.1 Å². The van der Waals surface area contributed by atoms with Gasteiger partial charge in [0, 0.05) is 29.5 Å². The number of imide groups is 1. The van der Waals surface area contributed by atoms with E-state index in [1.54, 1.807) is 66.9 Å². The molecule has 3 aromatic rings. The van der Waals surface area contributed by atoms with Crippen molar-refractivity contribution in [3.05, 3.63) is 83.5 Å². The second kappa shape index (κ2) is 11.0. The molecule has 1 saturated heterocycles. The Morgan fingerprint density at radius 1 is 1.14 bits per heavy atom. The summed E-state index contributed by atoms with van der Waals surface area (Å²) in [5, 5.41) is 15.7. The highest BCUT2D eigenvalue weighted by atomic mass is 35.5. The molecule has 4 rings (SSSR count). The fourth-order valence-electron chi connectivity index (χ4n) is 3.50. The summed E-state index contributed by atoms with van der Waals surface area (Å²) in [6.07, 6.45) is 0.740. The third-order valence-electron chi connectivity index (χ3n) is 5.46. The Labute approximate surface area is 212 Å². The molecule has 1 unspecified atom stereocenters. The Bertz CT molecular complexity index is 1220. The van der Waals surface area contributed by atoms with E-state index in [1.165, 1.54) is 11.8 Å². The van der Waals surface area contributed by atoms with E-state index in [0.717, 1.165) is 10.5 Å². The molecule has 36 heavy (non-hydrogen) atoms. The summed E-state index contributed by atoms with van der Waals surface area (Å²) in [6.45, 7) is 1.32. The highest BCUT2D eigenvalue weighted by molar-refractivity contribution is 6.30. The monoisotopic (exact) mass is 509 g/mol. The Balaban J connectivity index is 1.53. The van der Waals surface area contributed by atoms with Gasteiger partial charge in [0.2, 0.25) is 5.88 Å². The van der Waals surface area contributed by atoms with E-state index in [4.69, 9.17) is 16.3 Å². The standard InChI is InChI=1S/C25H24ClN5O5/c1-16(22(32)33)14-31-24(34)29-23(30(25(31)35)15-17-5-7-18(26)8-6-17)28-19-9-11-20(12-10-19)36-21-4-2-3-13-27-21/h2-13,16,23,28H,14-15H2,1H3,(H,29,34)(H,32,33)/t16-,23?/m0/s1. The summed E-state index contributed by atoms with van der Waals surface area (Å²) in [5.74, 6) is -1.01. The fourth-order valence-corrected chi connectivity index (χ4v) is 3.63. The Morgan fingerprint density at radius 3 is 2.50 bits per heavy atom. The summed E-state index contributed by atoms with van der Waals surface area (Å²) in [7, 11) is 0. The van der Waals surface area contributed by atoms with Crippen molar-refractivity contribution in [3.8, 4) is 11.6 Å². The molecule has 4 amide bonds. The normalized spacial score (nSPS) is 16.3. The topological polar surface area (TPSA) is 124 Å². The van der Waals surface area contributed by atoms with Crippen LogP contribution in [0.15, 0.2) is 72.9 Å². The number of rotatable bonds is 9. The van der Waals surface area contributed by atoms with Crippen molar-refractivity contribution in [2.45, 2.75) is 19.8 Å². The minimum Gasteiger partial charge on any atom is -0.481 e. The Morgan fingerprint density at radius 2 is 1.86 bits per heavy atom. The van der Waals surface area contributed by atoms with Crippen LogP contribution in [0.1, 0.15) is 12.5 Å². The number of carbonyl (C=O) groups excluding carboxylic acids is 2. The van der Waals surface area contributed by atoms with E-state index in [1.807, 2.05) is 6.07 Å². The Kier molecular flexibility index (Phi) is 7.55. The predicted molar refractivity (Wildman–Crippen MR) is 133 cm³/mol. The van der Waals surface area contributed by atoms with Gasteiger partial charge in [0.1, 0.15) is 5.75 Å². The average Bonchev–Trinajstić information content (AvgIpc) is 2.87. The number of carboxylic acids is 1. The van der Waals surface area contributed by atoms with Crippen molar-refractivity contribution in [3.63, 3.8) is 0 Å². The van der Waals surface area contributed by atoms with E-state index in [0.29, 0.717) is 22.3 Å². The van der Waals surface area contributed by atoms with Gasteiger partial charge in [-0.15, -0.1) is 0 Å². The molecule has 2 heterocycles. The van der Waals surface area contributed by atoms with E-state index in [9.17, 15) is 19.5 Å².